The summed E-state index contributed by atoms with van der Waals surface area (Å²) in [4.78, 5) is 0. The number of rotatable bonds is 2. The van der Waals surface area contributed by atoms with Crippen LogP contribution in [0.2, 0.25) is 0 Å². The Kier molecular flexibility index (Phi) is 1.88. The van der Waals surface area contributed by atoms with Crippen LogP contribution in [0.4, 0.5) is 0 Å². The van der Waals surface area contributed by atoms with Crippen molar-refractivity contribution in [1.29, 1.82) is 0 Å². The third-order valence-electron chi connectivity index (χ3n) is 2.65. The molecule has 2 unspecified atom stereocenters. The molecule has 0 heterocycles. The third kappa shape index (κ3) is 1.47. The van der Waals surface area contributed by atoms with Gasteiger partial charge in [-0.25, -0.2) is 0 Å². The molecule has 1 aromatic rings. The van der Waals surface area contributed by atoms with Crippen molar-refractivity contribution < 1.29 is 10.2 Å². The van der Waals surface area contributed by atoms with E-state index in [2.05, 4.69) is 0 Å². The monoisotopic (exact) mass is 179 g/mol. The van der Waals surface area contributed by atoms with E-state index in [9.17, 15) is 5.11 Å². The molecule has 70 valence electrons. The van der Waals surface area contributed by atoms with Crippen LogP contribution in [-0.4, -0.2) is 16.8 Å². The topological polar surface area (TPSA) is 66.5 Å². The van der Waals surface area contributed by atoms with E-state index in [0.717, 1.165) is 12.0 Å². The minimum atomic E-state index is -0.0614. The molecule has 13 heavy (non-hydrogen) atoms. The number of phenolic OH excluding ortho intramolecular Hbond substituents is 2. The van der Waals surface area contributed by atoms with E-state index < -0.39 is 0 Å². The van der Waals surface area contributed by atoms with Crippen molar-refractivity contribution in [3.8, 4) is 11.5 Å². The Bertz CT molecular complexity index is 325. The normalized spacial score (nSPS) is 25.9. The minimum absolute atomic E-state index is 0.0415. The van der Waals surface area contributed by atoms with E-state index in [-0.39, 0.29) is 11.5 Å². The minimum Gasteiger partial charge on any atom is -0.504 e. The van der Waals surface area contributed by atoms with E-state index in [1.807, 2.05) is 6.07 Å². The van der Waals surface area contributed by atoms with Crippen molar-refractivity contribution in [1.82, 2.24) is 0 Å². The smallest absolute Gasteiger partial charge is 0.157 e. The van der Waals surface area contributed by atoms with Crippen LogP contribution in [0.5, 0.6) is 11.5 Å². The highest BCUT2D eigenvalue weighted by Crippen LogP contribution is 2.47. The average Bonchev–Trinajstić information content (AvgIpc) is 2.88. The fraction of sp³-hybridized carbons (Fsp3) is 0.400. The van der Waals surface area contributed by atoms with Crippen LogP contribution >= 0.6 is 0 Å². The quantitative estimate of drug-likeness (QED) is 0.597. The summed E-state index contributed by atoms with van der Waals surface area (Å²) in [6.45, 7) is 0.701. The number of aromatic hydroxyl groups is 2. The van der Waals surface area contributed by atoms with Gasteiger partial charge in [-0.2, -0.15) is 0 Å². The van der Waals surface area contributed by atoms with Crippen LogP contribution in [0.25, 0.3) is 0 Å². The highest BCUT2D eigenvalue weighted by atomic mass is 16.3. The van der Waals surface area contributed by atoms with Crippen LogP contribution in [0.15, 0.2) is 18.2 Å². The molecular weight excluding hydrogens is 166 g/mol. The maximum Gasteiger partial charge on any atom is 0.157 e. The molecule has 0 aromatic heterocycles. The second-order valence-electron chi connectivity index (χ2n) is 3.59. The molecule has 1 aliphatic carbocycles. The lowest BCUT2D eigenvalue weighted by Gasteiger charge is -2.01. The summed E-state index contributed by atoms with van der Waals surface area (Å²) in [5.74, 6) is 0.939. The molecule has 0 bridgehead atoms. The number of nitrogens with two attached hydrogens (primary N) is 1. The number of hydrogen-bond donors (Lipinski definition) is 3. The summed E-state index contributed by atoms with van der Waals surface area (Å²) >= 11 is 0. The maximum absolute atomic E-state index is 9.25. The van der Waals surface area contributed by atoms with Crippen molar-refractivity contribution in [3.63, 3.8) is 0 Å². The Hall–Kier alpha value is -1.22. The van der Waals surface area contributed by atoms with Crippen molar-refractivity contribution in [2.75, 3.05) is 6.54 Å². The second-order valence-corrected chi connectivity index (χ2v) is 3.59. The number of benzene rings is 1. The van der Waals surface area contributed by atoms with Gasteiger partial charge in [-0.05, 0) is 42.5 Å². The SMILES string of the molecule is NCC1CC1c1ccc(O)c(O)c1. The third-order valence-corrected chi connectivity index (χ3v) is 2.65. The van der Waals surface area contributed by atoms with Crippen LogP contribution in [0.1, 0.15) is 17.9 Å². The molecule has 2 rings (SSSR count). The molecular formula is C10H13NO2. The fourth-order valence-electron chi connectivity index (χ4n) is 1.69. The molecule has 2 atom stereocenters. The summed E-state index contributed by atoms with van der Waals surface area (Å²) in [6.07, 6.45) is 1.10. The first kappa shape index (κ1) is 8.38. The molecule has 1 fully saturated rings. The van der Waals surface area contributed by atoms with Gasteiger partial charge in [0.25, 0.3) is 0 Å². The van der Waals surface area contributed by atoms with Gasteiger partial charge in [-0.15, -0.1) is 0 Å². The molecule has 1 aliphatic rings. The largest absolute Gasteiger partial charge is 0.504 e. The van der Waals surface area contributed by atoms with E-state index in [1.54, 1.807) is 6.07 Å². The predicted molar refractivity (Wildman–Crippen MR) is 49.7 cm³/mol. The average molecular weight is 179 g/mol. The van der Waals surface area contributed by atoms with Gasteiger partial charge in [0.1, 0.15) is 0 Å². The van der Waals surface area contributed by atoms with Crippen molar-refractivity contribution in [3.05, 3.63) is 23.8 Å². The molecule has 1 saturated carbocycles. The van der Waals surface area contributed by atoms with Gasteiger partial charge in [-0.3, -0.25) is 0 Å². The van der Waals surface area contributed by atoms with E-state index >= 15 is 0 Å². The lowest BCUT2D eigenvalue weighted by Crippen LogP contribution is -2.01. The summed E-state index contributed by atoms with van der Waals surface area (Å²) < 4.78 is 0. The Labute approximate surface area is 76.8 Å². The standard InChI is InChI=1S/C10H13NO2/c11-5-7-3-8(7)6-1-2-9(12)10(13)4-6/h1-2,4,7-8,12-13H,3,5,11H2. The molecule has 0 amide bonds. The lowest BCUT2D eigenvalue weighted by molar-refractivity contribution is 0.403. The Morgan fingerprint density at radius 1 is 1.31 bits per heavy atom. The number of hydrogen-bond acceptors (Lipinski definition) is 3. The van der Waals surface area contributed by atoms with Gasteiger partial charge in [-0.1, -0.05) is 6.07 Å². The molecule has 0 saturated heterocycles. The van der Waals surface area contributed by atoms with Crippen molar-refractivity contribution in [2.24, 2.45) is 11.7 Å². The zero-order valence-corrected chi connectivity index (χ0v) is 7.27. The lowest BCUT2D eigenvalue weighted by atomic mass is 10.1. The molecule has 4 N–H and O–H groups in total. The van der Waals surface area contributed by atoms with Gasteiger partial charge in [0.05, 0.1) is 0 Å². The van der Waals surface area contributed by atoms with Gasteiger partial charge < -0.3 is 15.9 Å². The Morgan fingerprint density at radius 2 is 2.08 bits per heavy atom. The molecule has 0 radical (unpaired) electrons. The zero-order chi connectivity index (χ0) is 9.42. The van der Waals surface area contributed by atoms with Gasteiger partial charge in [0.15, 0.2) is 11.5 Å². The first-order valence-electron chi connectivity index (χ1n) is 4.44. The summed E-state index contributed by atoms with van der Waals surface area (Å²) in [5, 5.41) is 18.3. The predicted octanol–water partition coefficient (Wildman–Crippen LogP) is 1.16. The Morgan fingerprint density at radius 3 is 2.62 bits per heavy atom. The zero-order valence-electron chi connectivity index (χ0n) is 7.27. The summed E-state index contributed by atoms with van der Waals surface area (Å²) in [5.41, 5.74) is 6.59. The first-order valence-corrected chi connectivity index (χ1v) is 4.44. The molecule has 1 aromatic carbocycles. The summed E-state index contributed by atoms with van der Waals surface area (Å²) in [6, 6.07) is 4.99. The van der Waals surface area contributed by atoms with E-state index in [0.29, 0.717) is 18.4 Å². The highest BCUT2D eigenvalue weighted by molar-refractivity contribution is 5.43. The summed E-state index contributed by atoms with van der Waals surface area (Å²) in [7, 11) is 0. The molecule has 0 spiro atoms. The van der Waals surface area contributed by atoms with E-state index in [1.165, 1.54) is 6.07 Å². The van der Waals surface area contributed by atoms with Gasteiger partial charge in [0.2, 0.25) is 0 Å². The molecule has 3 heteroatoms. The van der Waals surface area contributed by atoms with E-state index in [4.69, 9.17) is 10.8 Å². The Balaban J connectivity index is 2.19. The van der Waals surface area contributed by atoms with Crippen molar-refractivity contribution in [2.45, 2.75) is 12.3 Å². The van der Waals surface area contributed by atoms with Crippen molar-refractivity contribution >= 4 is 0 Å². The number of phenols is 2. The highest BCUT2D eigenvalue weighted by Gasteiger charge is 2.37. The van der Waals surface area contributed by atoms with Gasteiger partial charge in [0, 0.05) is 0 Å². The van der Waals surface area contributed by atoms with Crippen LogP contribution in [0.3, 0.4) is 0 Å². The second kappa shape index (κ2) is 2.92. The van der Waals surface area contributed by atoms with Gasteiger partial charge >= 0.3 is 0 Å². The van der Waals surface area contributed by atoms with Crippen LogP contribution in [-0.2, 0) is 0 Å². The molecule has 3 nitrogen and oxygen atoms in total. The fourth-order valence-corrected chi connectivity index (χ4v) is 1.69. The van der Waals surface area contributed by atoms with Crippen LogP contribution in [0, 0.1) is 5.92 Å². The maximum atomic E-state index is 9.25. The van der Waals surface area contributed by atoms with Crippen LogP contribution < -0.4 is 5.73 Å². The molecule has 0 aliphatic heterocycles. The first-order chi connectivity index (χ1) is 6.22.